The van der Waals surface area contributed by atoms with Gasteiger partial charge in [-0.2, -0.15) is 0 Å². The standard InChI is InChI=1S/C16H16N4S/c1-12-8-6-7-11-14(12)15(13-9-4-3-5-10-13)21-16-17-18-19-20(16)2/h3-11,15H,1-2H3/t15-/m0/s1. The predicted octanol–water partition coefficient (Wildman–Crippen LogP) is 3.40. The highest BCUT2D eigenvalue weighted by molar-refractivity contribution is 7.99. The number of aryl methyl sites for hydroxylation is 2. The highest BCUT2D eigenvalue weighted by Gasteiger charge is 2.20. The Labute approximate surface area is 128 Å². The first-order valence-electron chi connectivity index (χ1n) is 6.75. The van der Waals surface area contributed by atoms with Crippen LogP contribution >= 0.6 is 11.8 Å². The van der Waals surface area contributed by atoms with Gasteiger partial charge in [-0.3, -0.25) is 0 Å². The number of hydrogen-bond donors (Lipinski definition) is 0. The fourth-order valence-corrected chi connectivity index (χ4v) is 3.41. The molecule has 0 saturated heterocycles. The van der Waals surface area contributed by atoms with Gasteiger partial charge < -0.3 is 0 Å². The third-order valence-electron chi connectivity index (χ3n) is 3.38. The van der Waals surface area contributed by atoms with Gasteiger partial charge in [0.1, 0.15) is 0 Å². The van der Waals surface area contributed by atoms with Crippen molar-refractivity contribution in [2.45, 2.75) is 17.3 Å². The quantitative estimate of drug-likeness (QED) is 0.692. The van der Waals surface area contributed by atoms with E-state index in [9.17, 15) is 0 Å². The Bertz CT molecular complexity index is 724. The maximum atomic E-state index is 4.10. The fraction of sp³-hybridized carbons (Fsp3) is 0.188. The Morgan fingerprint density at radius 2 is 1.71 bits per heavy atom. The molecule has 0 spiro atoms. The normalized spacial score (nSPS) is 12.3. The van der Waals surface area contributed by atoms with E-state index in [1.165, 1.54) is 16.7 Å². The summed E-state index contributed by atoms with van der Waals surface area (Å²) < 4.78 is 1.71. The zero-order valence-corrected chi connectivity index (χ0v) is 12.8. The summed E-state index contributed by atoms with van der Waals surface area (Å²) in [6.45, 7) is 2.14. The minimum Gasteiger partial charge on any atom is -0.224 e. The topological polar surface area (TPSA) is 43.6 Å². The summed E-state index contributed by atoms with van der Waals surface area (Å²) >= 11 is 1.67. The number of benzene rings is 2. The van der Waals surface area contributed by atoms with Gasteiger partial charge >= 0.3 is 0 Å². The van der Waals surface area contributed by atoms with E-state index in [0.717, 1.165) is 5.16 Å². The van der Waals surface area contributed by atoms with Crippen molar-refractivity contribution in [1.29, 1.82) is 0 Å². The second-order valence-electron chi connectivity index (χ2n) is 4.85. The first-order chi connectivity index (χ1) is 10.3. The highest BCUT2D eigenvalue weighted by Crippen LogP contribution is 2.40. The van der Waals surface area contributed by atoms with Gasteiger partial charge in [0.25, 0.3) is 0 Å². The Morgan fingerprint density at radius 3 is 2.38 bits per heavy atom. The van der Waals surface area contributed by atoms with Crippen molar-refractivity contribution >= 4 is 11.8 Å². The number of thioether (sulfide) groups is 1. The molecule has 0 aliphatic rings. The molecule has 0 aliphatic heterocycles. The predicted molar refractivity (Wildman–Crippen MR) is 84.1 cm³/mol. The Kier molecular flexibility index (Phi) is 4.01. The van der Waals surface area contributed by atoms with Gasteiger partial charge in [0, 0.05) is 7.05 Å². The third-order valence-corrected chi connectivity index (χ3v) is 4.70. The molecule has 0 unspecified atom stereocenters. The lowest BCUT2D eigenvalue weighted by atomic mass is 10.0. The highest BCUT2D eigenvalue weighted by atomic mass is 32.2. The summed E-state index contributed by atoms with van der Waals surface area (Å²) in [5.74, 6) is 0. The summed E-state index contributed by atoms with van der Waals surface area (Å²) in [5.41, 5.74) is 3.81. The lowest BCUT2D eigenvalue weighted by Crippen LogP contribution is -2.02. The maximum absolute atomic E-state index is 4.10. The molecule has 2 aromatic carbocycles. The summed E-state index contributed by atoms with van der Waals surface area (Å²) in [7, 11) is 1.86. The summed E-state index contributed by atoms with van der Waals surface area (Å²) in [6.07, 6.45) is 0. The minimum atomic E-state index is 0.178. The van der Waals surface area contributed by atoms with E-state index in [4.69, 9.17) is 0 Å². The Morgan fingerprint density at radius 1 is 1.00 bits per heavy atom. The van der Waals surface area contributed by atoms with Crippen LogP contribution in [0.3, 0.4) is 0 Å². The first-order valence-corrected chi connectivity index (χ1v) is 7.63. The minimum absolute atomic E-state index is 0.178. The number of tetrazole rings is 1. The smallest absolute Gasteiger partial charge is 0.209 e. The molecule has 1 aromatic heterocycles. The summed E-state index contributed by atoms with van der Waals surface area (Å²) in [4.78, 5) is 0. The van der Waals surface area contributed by atoms with Crippen molar-refractivity contribution in [3.8, 4) is 0 Å². The van der Waals surface area contributed by atoms with Crippen molar-refractivity contribution in [2.24, 2.45) is 7.05 Å². The fourth-order valence-electron chi connectivity index (χ4n) is 2.25. The zero-order valence-electron chi connectivity index (χ0n) is 12.0. The van der Waals surface area contributed by atoms with Crippen LogP contribution in [0.5, 0.6) is 0 Å². The number of aromatic nitrogens is 4. The molecule has 0 bridgehead atoms. The Hall–Kier alpha value is -2.14. The maximum Gasteiger partial charge on any atom is 0.209 e. The summed E-state index contributed by atoms with van der Waals surface area (Å²) in [6, 6.07) is 18.9. The first kappa shape index (κ1) is 13.8. The van der Waals surface area contributed by atoms with Crippen LogP contribution in [-0.2, 0) is 7.05 Å². The number of rotatable bonds is 4. The van der Waals surface area contributed by atoms with E-state index in [-0.39, 0.29) is 5.25 Å². The molecule has 106 valence electrons. The van der Waals surface area contributed by atoms with Crippen LogP contribution in [-0.4, -0.2) is 20.2 Å². The van der Waals surface area contributed by atoms with Crippen molar-refractivity contribution in [3.63, 3.8) is 0 Å². The van der Waals surface area contributed by atoms with Crippen LogP contribution in [0.1, 0.15) is 21.9 Å². The van der Waals surface area contributed by atoms with Crippen molar-refractivity contribution in [3.05, 3.63) is 71.3 Å². The molecule has 1 atom stereocenters. The van der Waals surface area contributed by atoms with E-state index in [1.807, 2.05) is 13.1 Å². The molecule has 1 heterocycles. The van der Waals surface area contributed by atoms with E-state index < -0.39 is 0 Å². The monoisotopic (exact) mass is 296 g/mol. The van der Waals surface area contributed by atoms with Gasteiger partial charge in [0.15, 0.2) is 0 Å². The largest absolute Gasteiger partial charge is 0.224 e. The van der Waals surface area contributed by atoms with E-state index in [2.05, 4.69) is 71.0 Å². The van der Waals surface area contributed by atoms with Crippen LogP contribution in [0.4, 0.5) is 0 Å². The summed E-state index contributed by atoms with van der Waals surface area (Å²) in [5, 5.41) is 12.7. The van der Waals surface area contributed by atoms with E-state index in [0.29, 0.717) is 0 Å². The average molecular weight is 296 g/mol. The van der Waals surface area contributed by atoms with Gasteiger partial charge in [0.2, 0.25) is 5.16 Å². The molecular weight excluding hydrogens is 280 g/mol. The molecule has 21 heavy (non-hydrogen) atoms. The zero-order chi connectivity index (χ0) is 14.7. The van der Waals surface area contributed by atoms with Gasteiger partial charge in [0.05, 0.1) is 5.25 Å². The Balaban J connectivity index is 2.04. The van der Waals surface area contributed by atoms with Gasteiger partial charge in [-0.15, -0.1) is 5.10 Å². The van der Waals surface area contributed by atoms with Crippen LogP contribution in [0, 0.1) is 6.92 Å². The molecule has 4 nitrogen and oxygen atoms in total. The number of hydrogen-bond acceptors (Lipinski definition) is 4. The molecule has 0 N–H and O–H groups in total. The molecule has 0 amide bonds. The number of nitrogens with zero attached hydrogens (tertiary/aromatic N) is 4. The van der Waals surface area contributed by atoms with Crippen LogP contribution in [0.2, 0.25) is 0 Å². The molecule has 3 rings (SSSR count). The second kappa shape index (κ2) is 6.10. The van der Waals surface area contributed by atoms with Gasteiger partial charge in [-0.05, 0) is 34.0 Å². The lowest BCUT2D eigenvalue weighted by molar-refractivity contribution is 0.664. The van der Waals surface area contributed by atoms with Crippen LogP contribution in [0.15, 0.2) is 59.8 Å². The third kappa shape index (κ3) is 2.97. The van der Waals surface area contributed by atoms with Gasteiger partial charge in [-0.1, -0.05) is 66.4 Å². The average Bonchev–Trinajstić information content (AvgIpc) is 2.92. The molecule has 0 saturated carbocycles. The van der Waals surface area contributed by atoms with E-state index in [1.54, 1.807) is 16.4 Å². The van der Waals surface area contributed by atoms with Crippen LogP contribution in [0.25, 0.3) is 0 Å². The second-order valence-corrected chi connectivity index (χ2v) is 5.92. The molecule has 3 aromatic rings. The molecule has 0 fully saturated rings. The van der Waals surface area contributed by atoms with E-state index >= 15 is 0 Å². The van der Waals surface area contributed by atoms with Gasteiger partial charge in [-0.25, -0.2) is 4.68 Å². The molecule has 0 aliphatic carbocycles. The molecular formula is C16H16N4S. The SMILES string of the molecule is Cc1ccccc1[C@@H](Sc1nnnn1C)c1ccccc1. The molecule has 5 heteroatoms. The lowest BCUT2D eigenvalue weighted by Gasteiger charge is -2.18. The van der Waals surface area contributed by atoms with Crippen molar-refractivity contribution in [2.75, 3.05) is 0 Å². The van der Waals surface area contributed by atoms with Crippen molar-refractivity contribution in [1.82, 2.24) is 20.2 Å². The molecule has 0 radical (unpaired) electrons. The van der Waals surface area contributed by atoms with Crippen molar-refractivity contribution < 1.29 is 0 Å². The van der Waals surface area contributed by atoms with Crippen LogP contribution < -0.4 is 0 Å².